The first kappa shape index (κ1) is 9.72. The molecule has 1 N–H and O–H groups in total. The summed E-state index contributed by atoms with van der Waals surface area (Å²) in [5.74, 6) is -1.09. The van der Waals surface area contributed by atoms with Crippen LogP contribution in [0.3, 0.4) is 0 Å². The van der Waals surface area contributed by atoms with Gasteiger partial charge in [0.2, 0.25) is 0 Å². The van der Waals surface area contributed by atoms with Gasteiger partial charge in [0.1, 0.15) is 0 Å². The van der Waals surface area contributed by atoms with E-state index in [0.29, 0.717) is 5.01 Å². The Morgan fingerprint density at radius 1 is 1.13 bits per heavy atom. The molecule has 0 aliphatic carbocycles. The molecule has 15 heavy (non-hydrogen) atoms. The molecule has 1 aliphatic rings. The SMILES string of the molecule is O=C(S)NN1C(=O)c2ccccc2C1=O. The number of nitrogens with one attached hydrogen (secondary N) is 1. The van der Waals surface area contributed by atoms with E-state index in [1.807, 2.05) is 5.43 Å². The standard InChI is InChI=1S/C9H6N2O3S/c12-7-5-3-1-2-4-6(5)8(13)11(7)10-9(14)15/h1-4H,(H2,10,14,15). The second-order valence-corrected chi connectivity index (χ2v) is 3.31. The van der Waals surface area contributed by atoms with Gasteiger partial charge in [-0.3, -0.25) is 14.4 Å². The van der Waals surface area contributed by atoms with Gasteiger partial charge in [-0.2, -0.15) is 5.01 Å². The highest BCUT2D eigenvalue weighted by atomic mass is 32.1. The number of amides is 3. The fraction of sp³-hybridized carbons (Fsp3) is 0. The lowest BCUT2D eigenvalue weighted by Gasteiger charge is -2.12. The van der Waals surface area contributed by atoms with Crippen LogP contribution >= 0.6 is 12.6 Å². The second-order valence-electron chi connectivity index (χ2n) is 2.91. The summed E-state index contributed by atoms with van der Waals surface area (Å²) in [5.41, 5.74) is 2.61. The molecule has 0 spiro atoms. The molecular weight excluding hydrogens is 216 g/mol. The van der Waals surface area contributed by atoms with Crippen LogP contribution in [0.1, 0.15) is 20.7 Å². The Morgan fingerprint density at radius 3 is 2.00 bits per heavy atom. The Hall–Kier alpha value is -1.82. The van der Waals surface area contributed by atoms with Crippen LogP contribution in [-0.4, -0.2) is 22.1 Å². The maximum atomic E-state index is 11.6. The number of hydrazine groups is 1. The monoisotopic (exact) mass is 222 g/mol. The number of carbonyl (C=O) groups excluding carboxylic acids is 3. The van der Waals surface area contributed by atoms with Crippen LogP contribution in [0.2, 0.25) is 0 Å². The molecule has 2 rings (SSSR count). The average Bonchev–Trinajstić information content (AvgIpc) is 2.44. The van der Waals surface area contributed by atoms with Crippen molar-refractivity contribution in [3.05, 3.63) is 35.4 Å². The van der Waals surface area contributed by atoms with Crippen molar-refractivity contribution < 1.29 is 14.4 Å². The minimum Gasteiger partial charge on any atom is -0.267 e. The zero-order chi connectivity index (χ0) is 11.0. The summed E-state index contributed by atoms with van der Waals surface area (Å²) < 4.78 is 0. The van der Waals surface area contributed by atoms with E-state index in [2.05, 4.69) is 12.6 Å². The van der Waals surface area contributed by atoms with Crippen molar-refractivity contribution in [1.82, 2.24) is 10.4 Å². The molecular formula is C9H6N2O3S. The van der Waals surface area contributed by atoms with Gasteiger partial charge in [-0.05, 0) is 12.1 Å². The molecule has 0 fully saturated rings. The molecule has 0 atom stereocenters. The maximum absolute atomic E-state index is 11.6. The smallest absolute Gasteiger partial charge is 0.267 e. The van der Waals surface area contributed by atoms with E-state index in [1.54, 1.807) is 12.1 Å². The van der Waals surface area contributed by atoms with E-state index in [1.165, 1.54) is 12.1 Å². The van der Waals surface area contributed by atoms with Crippen LogP contribution < -0.4 is 5.43 Å². The van der Waals surface area contributed by atoms with Gasteiger partial charge >= 0.3 is 0 Å². The molecule has 0 unspecified atom stereocenters. The molecule has 0 aromatic heterocycles. The molecule has 5 nitrogen and oxygen atoms in total. The van der Waals surface area contributed by atoms with Crippen molar-refractivity contribution in [3.8, 4) is 0 Å². The summed E-state index contributed by atoms with van der Waals surface area (Å²) in [7, 11) is 0. The number of carbonyl (C=O) groups is 3. The number of rotatable bonds is 1. The zero-order valence-corrected chi connectivity index (χ0v) is 8.32. The van der Waals surface area contributed by atoms with Crippen molar-refractivity contribution in [1.29, 1.82) is 0 Å². The van der Waals surface area contributed by atoms with Crippen LogP contribution in [0.15, 0.2) is 24.3 Å². The largest absolute Gasteiger partial charge is 0.295 e. The summed E-state index contributed by atoms with van der Waals surface area (Å²) in [5, 5.41) is -0.107. The lowest BCUT2D eigenvalue weighted by Crippen LogP contribution is -2.43. The third-order valence-electron chi connectivity index (χ3n) is 2.00. The molecule has 0 saturated heterocycles. The number of thiol groups is 1. The summed E-state index contributed by atoms with van der Waals surface area (Å²) in [6.45, 7) is 0. The van der Waals surface area contributed by atoms with Crippen LogP contribution in [0.25, 0.3) is 0 Å². The molecule has 6 heteroatoms. The maximum Gasteiger partial charge on any atom is 0.295 e. The topological polar surface area (TPSA) is 66.5 Å². The van der Waals surface area contributed by atoms with E-state index in [4.69, 9.17) is 0 Å². The predicted molar refractivity (Wildman–Crippen MR) is 54.5 cm³/mol. The first-order chi connectivity index (χ1) is 7.11. The van der Waals surface area contributed by atoms with Crippen molar-refractivity contribution >= 4 is 29.7 Å². The van der Waals surface area contributed by atoms with Gasteiger partial charge in [-0.25, -0.2) is 5.43 Å². The molecule has 1 aliphatic heterocycles. The van der Waals surface area contributed by atoms with Crippen LogP contribution in [0.4, 0.5) is 4.79 Å². The molecule has 1 aromatic carbocycles. The van der Waals surface area contributed by atoms with Gasteiger partial charge in [0, 0.05) is 0 Å². The highest BCUT2D eigenvalue weighted by Gasteiger charge is 2.35. The number of nitrogens with zero attached hydrogens (tertiary/aromatic N) is 1. The van der Waals surface area contributed by atoms with Crippen LogP contribution in [0.5, 0.6) is 0 Å². The Morgan fingerprint density at radius 2 is 1.60 bits per heavy atom. The second kappa shape index (κ2) is 3.39. The summed E-state index contributed by atoms with van der Waals surface area (Å²) in [4.78, 5) is 33.8. The minimum atomic E-state index is -0.760. The minimum absolute atomic E-state index is 0.282. The number of hydrogen-bond donors (Lipinski definition) is 2. The number of fused-ring (bicyclic) bond motifs is 1. The fourth-order valence-electron chi connectivity index (χ4n) is 1.39. The van der Waals surface area contributed by atoms with Crippen molar-refractivity contribution in [2.45, 2.75) is 0 Å². The Balaban J connectivity index is 2.41. The lowest BCUT2D eigenvalue weighted by molar-refractivity contribution is 0.0597. The third kappa shape index (κ3) is 1.48. The fourth-order valence-corrected chi connectivity index (χ4v) is 1.49. The van der Waals surface area contributed by atoms with Crippen molar-refractivity contribution in [3.63, 3.8) is 0 Å². The zero-order valence-electron chi connectivity index (χ0n) is 7.43. The summed E-state index contributed by atoms with van der Waals surface area (Å²) in [6.07, 6.45) is 0. The van der Waals surface area contributed by atoms with Gasteiger partial charge in [0.15, 0.2) is 0 Å². The Kier molecular flexibility index (Phi) is 2.20. The first-order valence-corrected chi connectivity index (χ1v) is 4.53. The van der Waals surface area contributed by atoms with Gasteiger partial charge in [-0.1, -0.05) is 24.8 Å². The average molecular weight is 222 g/mol. The lowest BCUT2D eigenvalue weighted by atomic mass is 10.1. The molecule has 0 radical (unpaired) electrons. The third-order valence-corrected chi connectivity index (χ3v) is 2.10. The van der Waals surface area contributed by atoms with E-state index >= 15 is 0 Å². The summed E-state index contributed by atoms with van der Waals surface area (Å²) >= 11 is 3.44. The highest BCUT2D eigenvalue weighted by Crippen LogP contribution is 2.20. The Labute approximate surface area is 90.4 Å². The van der Waals surface area contributed by atoms with E-state index in [9.17, 15) is 14.4 Å². The number of benzene rings is 1. The Bertz CT molecular complexity index is 437. The first-order valence-electron chi connectivity index (χ1n) is 4.08. The van der Waals surface area contributed by atoms with Gasteiger partial charge < -0.3 is 0 Å². The highest BCUT2D eigenvalue weighted by molar-refractivity contribution is 7.96. The quantitative estimate of drug-likeness (QED) is 0.546. The van der Waals surface area contributed by atoms with Crippen LogP contribution in [0, 0.1) is 0 Å². The van der Waals surface area contributed by atoms with Crippen LogP contribution in [-0.2, 0) is 0 Å². The van der Waals surface area contributed by atoms with Crippen molar-refractivity contribution in [2.75, 3.05) is 0 Å². The molecule has 3 amide bonds. The normalized spacial score (nSPS) is 14.1. The molecule has 0 bridgehead atoms. The molecule has 76 valence electrons. The van der Waals surface area contributed by atoms with E-state index in [0.717, 1.165) is 0 Å². The van der Waals surface area contributed by atoms with E-state index in [-0.39, 0.29) is 11.1 Å². The van der Waals surface area contributed by atoms with Crippen molar-refractivity contribution in [2.24, 2.45) is 0 Å². The van der Waals surface area contributed by atoms with Gasteiger partial charge in [0.05, 0.1) is 11.1 Å². The molecule has 1 heterocycles. The number of imide groups is 1. The van der Waals surface area contributed by atoms with E-state index < -0.39 is 17.1 Å². The van der Waals surface area contributed by atoms with Gasteiger partial charge in [-0.15, -0.1) is 0 Å². The molecule has 0 saturated carbocycles. The predicted octanol–water partition coefficient (Wildman–Crippen LogP) is 0.837. The van der Waals surface area contributed by atoms with Gasteiger partial charge in [0.25, 0.3) is 17.1 Å². The number of hydrogen-bond acceptors (Lipinski definition) is 3. The summed E-state index contributed by atoms with van der Waals surface area (Å²) in [6, 6.07) is 6.35. The molecule has 1 aromatic rings.